The lowest BCUT2D eigenvalue weighted by molar-refractivity contribution is -0.0882. The van der Waals surface area contributed by atoms with E-state index in [4.69, 9.17) is 5.73 Å². The molecule has 0 aliphatic carbocycles. The number of aromatic nitrogens is 1. The van der Waals surface area contributed by atoms with Crippen molar-refractivity contribution < 1.29 is 5.11 Å². The Hall–Kier alpha value is -1.33. The second kappa shape index (κ2) is 5.22. The van der Waals surface area contributed by atoms with Gasteiger partial charge in [-0.1, -0.05) is 0 Å². The average molecular weight is 278 g/mol. The largest absolute Gasteiger partial charge is 0.386 e. The van der Waals surface area contributed by atoms with Crippen molar-refractivity contribution in [1.29, 1.82) is 0 Å². The van der Waals surface area contributed by atoms with Crippen molar-refractivity contribution in [1.82, 2.24) is 9.88 Å². The Morgan fingerprint density at radius 3 is 2.65 bits per heavy atom. The van der Waals surface area contributed by atoms with Crippen molar-refractivity contribution in [3.05, 3.63) is 18.3 Å². The average Bonchev–Trinajstić information content (AvgIpc) is 2.39. The molecule has 1 aromatic heterocycles. The molecule has 2 heterocycles. The highest BCUT2D eigenvalue weighted by Crippen LogP contribution is 2.36. The molecule has 1 unspecified atom stereocenters. The monoisotopic (exact) mass is 278 g/mol. The third-order valence-corrected chi connectivity index (χ3v) is 4.86. The number of nitrogen functional groups attached to an aromatic ring is 1. The van der Waals surface area contributed by atoms with E-state index in [9.17, 15) is 5.11 Å². The van der Waals surface area contributed by atoms with E-state index < -0.39 is 5.60 Å². The molecule has 1 saturated heterocycles. The zero-order chi connectivity index (χ0) is 15.0. The van der Waals surface area contributed by atoms with Gasteiger partial charge in [0.05, 0.1) is 17.5 Å². The molecule has 20 heavy (non-hydrogen) atoms. The van der Waals surface area contributed by atoms with Crippen molar-refractivity contribution in [2.24, 2.45) is 0 Å². The van der Waals surface area contributed by atoms with Gasteiger partial charge < -0.3 is 20.6 Å². The fourth-order valence-corrected chi connectivity index (χ4v) is 2.76. The van der Waals surface area contributed by atoms with Crippen molar-refractivity contribution in [3.63, 3.8) is 0 Å². The first-order valence-corrected chi connectivity index (χ1v) is 7.12. The van der Waals surface area contributed by atoms with Gasteiger partial charge in [-0.3, -0.25) is 0 Å². The molecular weight excluding hydrogens is 252 g/mol. The third-order valence-electron chi connectivity index (χ3n) is 4.86. The quantitative estimate of drug-likeness (QED) is 0.873. The van der Waals surface area contributed by atoms with Crippen LogP contribution >= 0.6 is 0 Å². The number of piperidine rings is 1. The minimum absolute atomic E-state index is 0.285. The molecule has 3 N–H and O–H groups in total. The van der Waals surface area contributed by atoms with Crippen LogP contribution in [0.3, 0.4) is 0 Å². The van der Waals surface area contributed by atoms with Crippen LogP contribution in [-0.2, 0) is 0 Å². The molecule has 2 rings (SSSR count). The summed E-state index contributed by atoms with van der Waals surface area (Å²) in [6, 6.07) is 3.77. The van der Waals surface area contributed by atoms with E-state index in [1.807, 2.05) is 20.2 Å². The van der Waals surface area contributed by atoms with Crippen molar-refractivity contribution >= 4 is 11.5 Å². The molecule has 112 valence electrons. The van der Waals surface area contributed by atoms with Gasteiger partial charge in [-0.15, -0.1) is 0 Å². The molecule has 0 spiro atoms. The Morgan fingerprint density at radius 2 is 2.10 bits per heavy atom. The third kappa shape index (κ3) is 2.60. The molecule has 5 nitrogen and oxygen atoms in total. The van der Waals surface area contributed by atoms with Gasteiger partial charge in [0.1, 0.15) is 5.82 Å². The van der Waals surface area contributed by atoms with Gasteiger partial charge in [0.15, 0.2) is 0 Å². The van der Waals surface area contributed by atoms with Gasteiger partial charge in [-0.2, -0.15) is 0 Å². The Bertz CT molecular complexity index is 457. The summed E-state index contributed by atoms with van der Waals surface area (Å²) in [5, 5.41) is 11.1. The molecule has 5 heteroatoms. The van der Waals surface area contributed by atoms with Crippen LogP contribution in [0.1, 0.15) is 26.7 Å². The Labute approximate surface area is 121 Å². The minimum atomic E-state index is -0.740. The van der Waals surface area contributed by atoms with E-state index >= 15 is 0 Å². The van der Waals surface area contributed by atoms with E-state index in [1.165, 1.54) is 0 Å². The molecule has 1 aromatic rings. The summed E-state index contributed by atoms with van der Waals surface area (Å²) in [7, 11) is 4.03. The number of hydrogen-bond donors (Lipinski definition) is 2. The van der Waals surface area contributed by atoms with Crippen molar-refractivity contribution in [2.75, 3.05) is 37.8 Å². The number of aliphatic hydroxyl groups is 1. The number of anilines is 2. The van der Waals surface area contributed by atoms with E-state index in [2.05, 4.69) is 28.6 Å². The summed E-state index contributed by atoms with van der Waals surface area (Å²) >= 11 is 0. The van der Waals surface area contributed by atoms with E-state index in [1.54, 1.807) is 12.3 Å². The number of β-amino-alcohol motifs (C(OH)–C–C–N with tert-alkyl or cyclic N) is 1. The first-order valence-electron chi connectivity index (χ1n) is 7.12. The molecule has 1 aliphatic heterocycles. The molecule has 0 amide bonds. The summed E-state index contributed by atoms with van der Waals surface area (Å²) in [6.45, 7) is 5.75. The zero-order valence-electron chi connectivity index (χ0n) is 12.9. The predicted octanol–water partition coefficient (Wildman–Crippen LogP) is 1.34. The van der Waals surface area contributed by atoms with Crippen LogP contribution in [0.2, 0.25) is 0 Å². The standard InChI is InChI=1S/C15H26N4O/c1-14(2,18(3)4)15(20)8-5-9-19(11-15)12-6-7-13(16)17-10-12/h6-7,10,20H,5,8-9,11H2,1-4H3,(H2,16,17). The number of hydrogen-bond acceptors (Lipinski definition) is 5. The van der Waals surface area contributed by atoms with Crippen LogP contribution < -0.4 is 10.6 Å². The van der Waals surface area contributed by atoms with Gasteiger partial charge >= 0.3 is 0 Å². The summed E-state index contributed by atoms with van der Waals surface area (Å²) in [5.41, 5.74) is 5.63. The van der Waals surface area contributed by atoms with Crippen LogP contribution in [0.4, 0.5) is 11.5 Å². The predicted molar refractivity (Wildman–Crippen MR) is 82.8 cm³/mol. The number of pyridine rings is 1. The molecule has 0 radical (unpaired) electrons. The molecular formula is C15H26N4O. The van der Waals surface area contributed by atoms with Gasteiger partial charge in [0, 0.05) is 18.6 Å². The maximum atomic E-state index is 11.1. The van der Waals surface area contributed by atoms with E-state index in [0.717, 1.165) is 25.1 Å². The SMILES string of the molecule is CN(C)C(C)(C)C1(O)CCCN(c2ccc(N)nc2)C1. The van der Waals surface area contributed by atoms with Crippen LogP contribution in [0.15, 0.2) is 18.3 Å². The highest BCUT2D eigenvalue weighted by Gasteiger charge is 2.47. The van der Waals surface area contributed by atoms with Crippen LogP contribution in [-0.4, -0.2) is 53.3 Å². The van der Waals surface area contributed by atoms with Gasteiger partial charge in [0.2, 0.25) is 0 Å². The lowest BCUT2D eigenvalue weighted by atomic mass is 9.76. The van der Waals surface area contributed by atoms with E-state index in [0.29, 0.717) is 12.4 Å². The Balaban J connectivity index is 2.22. The molecule has 0 saturated carbocycles. The van der Waals surface area contributed by atoms with Gasteiger partial charge in [-0.05, 0) is 52.9 Å². The minimum Gasteiger partial charge on any atom is -0.386 e. The summed E-state index contributed by atoms with van der Waals surface area (Å²) in [5.74, 6) is 0.523. The smallest absolute Gasteiger partial charge is 0.123 e. The van der Waals surface area contributed by atoms with Crippen LogP contribution in [0.5, 0.6) is 0 Å². The molecule has 0 aromatic carbocycles. The summed E-state index contributed by atoms with van der Waals surface area (Å²) in [4.78, 5) is 8.43. The lowest BCUT2D eigenvalue weighted by Gasteiger charge is -2.52. The second-order valence-electron chi connectivity index (χ2n) is 6.45. The van der Waals surface area contributed by atoms with Crippen LogP contribution in [0, 0.1) is 0 Å². The molecule has 1 aliphatic rings. The maximum absolute atomic E-state index is 11.1. The first-order chi connectivity index (χ1) is 9.26. The highest BCUT2D eigenvalue weighted by atomic mass is 16.3. The second-order valence-corrected chi connectivity index (χ2v) is 6.45. The number of nitrogens with two attached hydrogens (primary N) is 1. The van der Waals surface area contributed by atoms with Crippen LogP contribution in [0.25, 0.3) is 0 Å². The van der Waals surface area contributed by atoms with Gasteiger partial charge in [0.25, 0.3) is 0 Å². The molecule has 1 fully saturated rings. The first kappa shape index (κ1) is 15.1. The van der Waals surface area contributed by atoms with Crippen molar-refractivity contribution in [3.8, 4) is 0 Å². The summed E-state index contributed by atoms with van der Waals surface area (Å²) in [6.07, 6.45) is 3.57. The fraction of sp³-hybridized carbons (Fsp3) is 0.667. The highest BCUT2D eigenvalue weighted by molar-refractivity contribution is 5.49. The molecule has 1 atom stereocenters. The summed E-state index contributed by atoms with van der Waals surface area (Å²) < 4.78 is 0. The zero-order valence-corrected chi connectivity index (χ0v) is 12.9. The van der Waals surface area contributed by atoms with Crippen molar-refractivity contribution in [2.45, 2.75) is 37.8 Å². The number of likely N-dealkylation sites (N-methyl/N-ethyl adjacent to an activating group) is 1. The Kier molecular flexibility index (Phi) is 3.93. The lowest BCUT2D eigenvalue weighted by Crippen LogP contribution is -2.65. The van der Waals surface area contributed by atoms with E-state index in [-0.39, 0.29) is 5.54 Å². The Morgan fingerprint density at radius 1 is 1.40 bits per heavy atom. The molecule has 0 bridgehead atoms. The topological polar surface area (TPSA) is 65.6 Å². The maximum Gasteiger partial charge on any atom is 0.123 e. The number of nitrogens with zero attached hydrogens (tertiary/aromatic N) is 3. The van der Waals surface area contributed by atoms with Gasteiger partial charge in [-0.25, -0.2) is 4.98 Å². The normalized spacial score (nSPS) is 24.2. The number of rotatable bonds is 3. The fourth-order valence-electron chi connectivity index (χ4n) is 2.76.